The molecule has 1 spiro atoms. The first kappa shape index (κ1) is 42.1. The van der Waals surface area contributed by atoms with Gasteiger partial charge < -0.3 is 33.6 Å². The second kappa shape index (κ2) is 14.9. The molecule has 65 heavy (non-hydrogen) atoms. The Hall–Kier alpha value is -4.29. The van der Waals surface area contributed by atoms with E-state index in [9.17, 15) is 9.59 Å². The molecule has 10 aliphatic rings. The SMILES string of the molecule is CO[C@@H](C)c1ncccc1-c1c2c3cc(ccc3n1C1COC1)-c1csc(n1)[C@@H](N1CC3(COC3)C1)[C@H](NC(=O)C13CC(C1)C(C)(C)O3)C(=O)N1N[C@H](C(=O)OCC(C)(C)C2)C2CC1C2. The number of carbonyl (C=O) groups is 3. The molecule has 10 bridgehead atoms. The van der Waals surface area contributed by atoms with Crippen LogP contribution in [0.15, 0.2) is 41.9 Å². The van der Waals surface area contributed by atoms with Gasteiger partial charge in [0.2, 0.25) is 0 Å². The van der Waals surface area contributed by atoms with E-state index in [2.05, 4.69) is 63.7 Å². The monoisotopic (exact) mass is 905 g/mol. The van der Waals surface area contributed by atoms with E-state index in [-0.39, 0.29) is 59.8 Å². The van der Waals surface area contributed by atoms with Crippen LogP contribution in [0.2, 0.25) is 0 Å². The maximum atomic E-state index is 15.4. The number of cyclic esters (lactones) is 1. The Morgan fingerprint density at radius 1 is 1.03 bits per heavy atom. The van der Waals surface area contributed by atoms with Crippen LogP contribution in [0.4, 0.5) is 0 Å². The molecule has 0 unspecified atom stereocenters. The molecule has 14 rings (SSSR count). The minimum atomic E-state index is -1.02. The lowest BCUT2D eigenvalue weighted by Crippen LogP contribution is -2.74. The second-order valence-corrected chi connectivity index (χ2v) is 22.6. The van der Waals surface area contributed by atoms with Crippen molar-refractivity contribution in [3.8, 4) is 22.5 Å². The normalized spacial score (nSPS) is 32.6. The molecule has 2 aliphatic carbocycles. The third-order valence-electron chi connectivity index (χ3n) is 16.2. The summed E-state index contributed by atoms with van der Waals surface area (Å²) in [5.74, 6) is -0.616. The number of pyridine rings is 1. The lowest BCUT2D eigenvalue weighted by Gasteiger charge is -2.58. The molecular weight excluding hydrogens is 847 g/mol. The Labute approximate surface area is 382 Å². The van der Waals surface area contributed by atoms with Crippen molar-refractivity contribution in [1.29, 1.82) is 0 Å². The Morgan fingerprint density at radius 3 is 2.49 bits per heavy atom. The van der Waals surface area contributed by atoms with Gasteiger partial charge in [-0.25, -0.2) is 10.4 Å². The Kier molecular flexibility index (Phi) is 9.62. The van der Waals surface area contributed by atoms with Gasteiger partial charge in [0.05, 0.1) is 73.9 Å². The van der Waals surface area contributed by atoms with Gasteiger partial charge in [-0.2, -0.15) is 0 Å². The maximum absolute atomic E-state index is 15.4. The zero-order chi connectivity index (χ0) is 44.8. The van der Waals surface area contributed by atoms with E-state index in [1.54, 1.807) is 12.1 Å². The fourth-order valence-electron chi connectivity index (χ4n) is 12.1. The second-order valence-electron chi connectivity index (χ2n) is 21.8. The van der Waals surface area contributed by atoms with E-state index >= 15 is 4.79 Å². The van der Waals surface area contributed by atoms with Crippen LogP contribution in [0.3, 0.4) is 0 Å². The van der Waals surface area contributed by atoms with Crippen LogP contribution in [0.25, 0.3) is 33.4 Å². The molecule has 4 aromatic rings. The van der Waals surface area contributed by atoms with Crippen molar-refractivity contribution >= 4 is 40.0 Å². The van der Waals surface area contributed by atoms with Gasteiger partial charge in [0.1, 0.15) is 22.7 Å². The largest absolute Gasteiger partial charge is 0.464 e. The van der Waals surface area contributed by atoms with Gasteiger partial charge in [0.15, 0.2) is 0 Å². The highest BCUT2D eigenvalue weighted by Gasteiger charge is 2.66. The zero-order valence-electron chi connectivity index (χ0n) is 38.1. The summed E-state index contributed by atoms with van der Waals surface area (Å²) >= 11 is 1.52. The topological polar surface area (TPSA) is 159 Å². The summed E-state index contributed by atoms with van der Waals surface area (Å²) in [5, 5.41) is 8.85. The summed E-state index contributed by atoms with van der Waals surface area (Å²) < 4.78 is 32.7. The van der Waals surface area contributed by atoms with Crippen LogP contribution in [0.5, 0.6) is 0 Å². The predicted molar refractivity (Wildman–Crippen MR) is 240 cm³/mol. The van der Waals surface area contributed by atoms with Gasteiger partial charge in [-0.1, -0.05) is 19.9 Å². The number of fused-ring (bicyclic) bond motifs is 5. The molecule has 7 saturated heterocycles. The Bertz CT molecular complexity index is 2600. The summed E-state index contributed by atoms with van der Waals surface area (Å²) in [7, 11) is 1.71. The molecule has 9 fully saturated rings. The van der Waals surface area contributed by atoms with Crippen LogP contribution in [-0.2, 0) is 44.5 Å². The summed E-state index contributed by atoms with van der Waals surface area (Å²) in [5.41, 5.74) is 8.31. The minimum Gasteiger partial charge on any atom is -0.464 e. The number of aromatic nitrogens is 3. The van der Waals surface area contributed by atoms with Crippen molar-refractivity contribution < 1.29 is 38.1 Å². The number of hydrazine groups is 1. The highest BCUT2D eigenvalue weighted by Crippen LogP contribution is 2.58. The summed E-state index contributed by atoms with van der Waals surface area (Å²) in [6, 6.07) is 8.36. The highest BCUT2D eigenvalue weighted by molar-refractivity contribution is 7.10. The molecule has 2 amide bonds. The van der Waals surface area contributed by atoms with Gasteiger partial charge >= 0.3 is 5.97 Å². The summed E-state index contributed by atoms with van der Waals surface area (Å²) in [4.78, 5) is 57.0. The molecule has 0 radical (unpaired) electrons. The maximum Gasteiger partial charge on any atom is 0.325 e. The van der Waals surface area contributed by atoms with Crippen molar-refractivity contribution in [2.24, 2.45) is 22.7 Å². The van der Waals surface area contributed by atoms with Crippen LogP contribution in [0.1, 0.15) is 94.8 Å². The minimum absolute atomic E-state index is 0.0162. The number of ether oxygens (including phenoxy) is 5. The fraction of sp³-hybridized carbons (Fsp3) is 0.612. The summed E-state index contributed by atoms with van der Waals surface area (Å²) in [6.45, 7) is 14.5. The average Bonchev–Trinajstić information content (AvgIpc) is 3.95. The number of benzene rings is 1. The van der Waals surface area contributed by atoms with E-state index in [4.69, 9.17) is 33.7 Å². The van der Waals surface area contributed by atoms with Crippen LogP contribution < -0.4 is 10.7 Å². The van der Waals surface area contributed by atoms with Crippen molar-refractivity contribution in [2.75, 3.05) is 53.2 Å². The van der Waals surface area contributed by atoms with E-state index in [1.165, 1.54) is 11.3 Å². The molecule has 15 nitrogen and oxygen atoms in total. The van der Waals surface area contributed by atoms with Crippen LogP contribution >= 0.6 is 11.3 Å². The third-order valence-corrected chi connectivity index (χ3v) is 17.1. The number of carbonyl (C=O) groups excluding carboxylic acids is 3. The number of nitrogens with zero attached hydrogens (tertiary/aromatic N) is 5. The molecule has 2 saturated carbocycles. The number of nitrogens with one attached hydrogen (secondary N) is 2. The van der Waals surface area contributed by atoms with Gasteiger partial charge in [0.25, 0.3) is 11.8 Å². The Balaban J connectivity index is 1.02. The molecule has 2 N–H and O–H groups in total. The predicted octanol–water partition coefficient (Wildman–Crippen LogP) is 5.54. The number of thiazole rings is 1. The molecule has 8 aliphatic heterocycles. The molecule has 3 aromatic heterocycles. The van der Waals surface area contributed by atoms with Crippen LogP contribution in [-0.4, -0.2) is 125 Å². The van der Waals surface area contributed by atoms with E-state index in [0.29, 0.717) is 71.6 Å². The first-order valence-corrected chi connectivity index (χ1v) is 24.3. The third kappa shape index (κ3) is 6.59. The van der Waals surface area contributed by atoms with E-state index in [1.807, 2.05) is 33.0 Å². The zero-order valence-corrected chi connectivity index (χ0v) is 38.9. The lowest BCUT2D eigenvalue weighted by atomic mass is 9.69. The number of esters is 1. The number of hydrogen-bond donors (Lipinski definition) is 2. The van der Waals surface area contributed by atoms with Gasteiger partial charge in [0, 0.05) is 70.7 Å². The lowest BCUT2D eigenvalue weighted by molar-refractivity contribution is -0.204. The van der Waals surface area contributed by atoms with Gasteiger partial charge in [-0.15, -0.1) is 11.3 Å². The average molecular weight is 906 g/mol. The van der Waals surface area contributed by atoms with Crippen molar-refractivity contribution in [3.05, 3.63) is 58.2 Å². The van der Waals surface area contributed by atoms with E-state index in [0.717, 1.165) is 49.7 Å². The van der Waals surface area contributed by atoms with E-state index < -0.39 is 34.7 Å². The van der Waals surface area contributed by atoms with Gasteiger partial charge in [-0.3, -0.25) is 29.3 Å². The first-order valence-electron chi connectivity index (χ1n) is 23.4. The molecule has 16 heteroatoms. The van der Waals surface area contributed by atoms with Crippen molar-refractivity contribution in [2.45, 2.75) is 114 Å². The standard InChI is InChI=1S/C49H59N7O8S/c1-26(60-6)37-32(8-7-11-50-37)40-34-17-46(2,3)23-63-44(58)38-28-12-30(13-28)56(53-38)43(57)39(52-45(59)49-15-29(16-49)47(4,5)64-49)41(54-21-48(22-54)24-62-25-48)42-51-35(20-65-42)27-9-10-36(33(34)14-27)55(40)31-18-61-19-31/h7-11,14,20,26,28-31,38-39,41,53H,12-13,15-19,21-25H2,1-6H3,(H,52,59)/t26-,28?,29?,30?,38-,39-,41-,49?/m0/s1. The summed E-state index contributed by atoms with van der Waals surface area (Å²) in [6.07, 6.45) is 4.73. The molecular formula is C49H59N7O8S. The number of likely N-dealkylation sites (tertiary alicyclic amines) is 1. The van der Waals surface area contributed by atoms with Crippen molar-refractivity contribution in [3.63, 3.8) is 0 Å². The van der Waals surface area contributed by atoms with Gasteiger partial charge in [-0.05, 0) is 94.5 Å². The quantitative estimate of drug-likeness (QED) is 0.224. The molecule has 344 valence electrons. The van der Waals surface area contributed by atoms with Crippen molar-refractivity contribution in [1.82, 2.24) is 35.2 Å². The first-order chi connectivity index (χ1) is 31.2. The molecule has 11 heterocycles. The van der Waals surface area contributed by atoms with Crippen LogP contribution in [0, 0.1) is 22.7 Å². The number of rotatable bonds is 7. The molecule has 1 aromatic carbocycles. The smallest absolute Gasteiger partial charge is 0.325 e. The fourth-order valence-corrected chi connectivity index (χ4v) is 13.1. The number of amides is 2. The molecule has 4 atom stereocenters. The number of hydrogen-bond acceptors (Lipinski definition) is 13. The number of methoxy groups -OCH3 is 1. The Morgan fingerprint density at radius 2 is 1.82 bits per heavy atom. The highest BCUT2D eigenvalue weighted by atomic mass is 32.1.